The fraction of sp³-hybridized carbons (Fsp3) is 0.375. The zero-order chi connectivity index (χ0) is 18.8. The van der Waals surface area contributed by atoms with Gasteiger partial charge in [0.1, 0.15) is 24.2 Å². The maximum absolute atomic E-state index is 14.1. The molecule has 0 atom stereocenters. The molecule has 0 unspecified atom stereocenters. The molecular formula is C16H18F2O7. The number of rotatable bonds is 9. The second-order valence-electron chi connectivity index (χ2n) is 4.38. The standard InChI is InChI=1S/C16H18F2O7/c1-4-23-7-8-24-16(20)13-11(6-5-10(17)14(13)18)25-12(9-21-2)15(19)22-3/h5-6,9H,4,7-8H2,1-3H3. The van der Waals surface area contributed by atoms with Gasteiger partial charge in [-0.2, -0.15) is 0 Å². The first-order chi connectivity index (χ1) is 12.0. The van der Waals surface area contributed by atoms with Gasteiger partial charge >= 0.3 is 11.9 Å². The second kappa shape index (κ2) is 10.2. The fourth-order valence-electron chi connectivity index (χ4n) is 1.66. The molecule has 25 heavy (non-hydrogen) atoms. The summed E-state index contributed by atoms with van der Waals surface area (Å²) in [4.78, 5) is 23.6. The molecule has 0 aliphatic heterocycles. The monoisotopic (exact) mass is 360 g/mol. The van der Waals surface area contributed by atoms with E-state index in [1.807, 2.05) is 0 Å². The lowest BCUT2D eigenvalue weighted by Crippen LogP contribution is -2.17. The summed E-state index contributed by atoms with van der Waals surface area (Å²) >= 11 is 0. The lowest BCUT2D eigenvalue weighted by Gasteiger charge is -2.13. The molecule has 0 spiro atoms. The van der Waals surface area contributed by atoms with Crippen molar-refractivity contribution in [3.8, 4) is 5.75 Å². The van der Waals surface area contributed by atoms with Gasteiger partial charge in [-0.25, -0.2) is 18.4 Å². The quantitative estimate of drug-likeness (QED) is 0.289. The van der Waals surface area contributed by atoms with Crippen molar-refractivity contribution >= 4 is 11.9 Å². The number of esters is 2. The van der Waals surface area contributed by atoms with E-state index in [4.69, 9.17) is 14.2 Å². The van der Waals surface area contributed by atoms with E-state index >= 15 is 0 Å². The normalized spacial score (nSPS) is 11.0. The summed E-state index contributed by atoms with van der Waals surface area (Å²) in [5, 5.41) is 0. The molecule has 0 aliphatic rings. The molecule has 0 N–H and O–H groups in total. The average molecular weight is 360 g/mol. The van der Waals surface area contributed by atoms with Crippen molar-refractivity contribution in [1.82, 2.24) is 0 Å². The van der Waals surface area contributed by atoms with Crippen LogP contribution >= 0.6 is 0 Å². The average Bonchev–Trinajstić information content (AvgIpc) is 2.60. The molecule has 0 saturated heterocycles. The molecule has 0 heterocycles. The summed E-state index contributed by atoms with van der Waals surface area (Å²) in [6, 6.07) is 1.72. The molecule has 9 heteroatoms. The maximum atomic E-state index is 14.1. The lowest BCUT2D eigenvalue weighted by molar-refractivity contribution is -0.138. The number of carbonyl (C=O) groups excluding carboxylic acids is 2. The van der Waals surface area contributed by atoms with Gasteiger partial charge in [0.05, 0.1) is 20.8 Å². The first-order valence-electron chi connectivity index (χ1n) is 7.18. The van der Waals surface area contributed by atoms with E-state index < -0.39 is 40.6 Å². The second-order valence-corrected chi connectivity index (χ2v) is 4.38. The van der Waals surface area contributed by atoms with Crippen LogP contribution in [0.1, 0.15) is 17.3 Å². The third kappa shape index (κ3) is 5.71. The van der Waals surface area contributed by atoms with Crippen LogP contribution in [0, 0.1) is 11.6 Å². The number of carbonyl (C=O) groups is 2. The van der Waals surface area contributed by atoms with Gasteiger partial charge in [-0.05, 0) is 19.1 Å². The zero-order valence-corrected chi connectivity index (χ0v) is 14.0. The minimum atomic E-state index is -1.47. The molecule has 0 amide bonds. The molecule has 1 aromatic rings. The van der Waals surface area contributed by atoms with Crippen molar-refractivity contribution in [3.05, 3.63) is 41.4 Å². The molecule has 0 radical (unpaired) electrons. The van der Waals surface area contributed by atoms with Crippen molar-refractivity contribution in [2.45, 2.75) is 6.92 Å². The molecule has 0 fully saturated rings. The Morgan fingerprint density at radius 2 is 1.88 bits per heavy atom. The summed E-state index contributed by atoms with van der Waals surface area (Å²) < 4.78 is 51.6. The highest BCUT2D eigenvalue weighted by Gasteiger charge is 2.25. The Morgan fingerprint density at radius 1 is 1.16 bits per heavy atom. The van der Waals surface area contributed by atoms with Gasteiger partial charge in [-0.1, -0.05) is 0 Å². The molecule has 7 nitrogen and oxygen atoms in total. The number of ether oxygens (including phenoxy) is 5. The van der Waals surface area contributed by atoms with Crippen LogP contribution in [0.3, 0.4) is 0 Å². The van der Waals surface area contributed by atoms with Crippen LogP contribution in [-0.2, 0) is 23.7 Å². The Morgan fingerprint density at radius 3 is 2.48 bits per heavy atom. The zero-order valence-electron chi connectivity index (χ0n) is 14.0. The Hall–Kier alpha value is -2.68. The van der Waals surface area contributed by atoms with Crippen LogP contribution in [0.2, 0.25) is 0 Å². The van der Waals surface area contributed by atoms with Crippen molar-refractivity contribution in [2.75, 3.05) is 34.0 Å². The van der Waals surface area contributed by atoms with E-state index in [0.717, 1.165) is 25.5 Å². The predicted octanol–water partition coefficient (Wildman–Crippen LogP) is 2.20. The summed E-state index contributed by atoms with van der Waals surface area (Å²) in [6.07, 6.45) is 0.886. The third-order valence-electron chi connectivity index (χ3n) is 2.76. The highest BCUT2D eigenvalue weighted by Crippen LogP contribution is 2.27. The van der Waals surface area contributed by atoms with E-state index in [1.54, 1.807) is 6.92 Å². The number of methoxy groups -OCH3 is 2. The molecule has 0 bridgehead atoms. The van der Waals surface area contributed by atoms with Crippen LogP contribution < -0.4 is 4.74 Å². The molecular weight excluding hydrogens is 342 g/mol. The fourth-order valence-corrected chi connectivity index (χ4v) is 1.66. The Kier molecular flexibility index (Phi) is 8.34. The van der Waals surface area contributed by atoms with Crippen LogP contribution in [-0.4, -0.2) is 46.0 Å². The summed E-state index contributed by atoms with van der Waals surface area (Å²) in [7, 11) is 2.32. The SMILES string of the molecule is CCOCCOC(=O)c1c(OC(=COC)C(=O)OC)ccc(F)c1F. The first kappa shape index (κ1) is 20.4. The highest BCUT2D eigenvalue weighted by molar-refractivity contribution is 5.93. The summed E-state index contributed by atoms with van der Waals surface area (Å²) in [5.74, 6) is -5.77. The van der Waals surface area contributed by atoms with E-state index in [9.17, 15) is 18.4 Å². The van der Waals surface area contributed by atoms with Crippen molar-refractivity contribution < 1.29 is 42.1 Å². The molecule has 0 aliphatic carbocycles. The maximum Gasteiger partial charge on any atom is 0.377 e. The number of halogens is 2. The van der Waals surface area contributed by atoms with E-state index in [-0.39, 0.29) is 13.2 Å². The van der Waals surface area contributed by atoms with E-state index in [1.165, 1.54) is 7.11 Å². The largest absolute Gasteiger partial charge is 0.500 e. The number of benzene rings is 1. The van der Waals surface area contributed by atoms with Gasteiger partial charge in [0.15, 0.2) is 11.6 Å². The Bertz CT molecular complexity index is 644. The summed E-state index contributed by atoms with van der Waals surface area (Å²) in [5.41, 5.74) is -0.803. The van der Waals surface area contributed by atoms with E-state index in [2.05, 4.69) is 9.47 Å². The smallest absolute Gasteiger partial charge is 0.377 e. The van der Waals surface area contributed by atoms with Gasteiger partial charge < -0.3 is 23.7 Å². The highest BCUT2D eigenvalue weighted by atomic mass is 19.2. The van der Waals surface area contributed by atoms with Gasteiger partial charge in [-0.3, -0.25) is 0 Å². The predicted molar refractivity (Wildman–Crippen MR) is 80.9 cm³/mol. The Labute approximate surface area is 143 Å². The van der Waals surface area contributed by atoms with Crippen LogP contribution in [0.5, 0.6) is 5.75 Å². The van der Waals surface area contributed by atoms with Crippen LogP contribution in [0.15, 0.2) is 24.2 Å². The third-order valence-corrected chi connectivity index (χ3v) is 2.76. The van der Waals surface area contributed by atoms with Crippen LogP contribution in [0.25, 0.3) is 0 Å². The number of hydrogen-bond donors (Lipinski definition) is 0. The first-order valence-corrected chi connectivity index (χ1v) is 7.18. The minimum Gasteiger partial charge on any atom is -0.500 e. The number of hydrogen-bond acceptors (Lipinski definition) is 7. The van der Waals surface area contributed by atoms with Gasteiger partial charge in [-0.15, -0.1) is 0 Å². The molecule has 1 aromatic carbocycles. The molecule has 0 saturated carbocycles. The molecule has 0 aromatic heterocycles. The van der Waals surface area contributed by atoms with Crippen molar-refractivity contribution in [2.24, 2.45) is 0 Å². The van der Waals surface area contributed by atoms with Gasteiger partial charge in [0.2, 0.25) is 5.76 Å². The Balaban J connectivity index is 3.11. The molecule has 138 valence electrons. The van der Waals surface area contributed by atoms with Crippen LogP contribution in [0.4, 0.5) is 8.78 Å². The van der Waals surface area contributed by atoms with Crippen molar-refractivity contribution in [3.63, 3.8) is 0 Å². The summed E-state index contributed by atoms with van der Waals surface area (Å²) in [6.45, 7) is 2.08. The topological polar surface area (TPSA) is 80.3 Å². The van der Waals surface area contributed by atoms with Gasteiger partial charge in [0.25, 0.3) is 0 Å². The van der Waals surface area contributed by atoms with E-state index in [0.29, 0.717) is 6.61 Å². The lowest BCUT2D eigenvalue weighted by atomic mass is 10.2. The van der Waals surface area contributed by atoms with Gasteiger partial charge in [0, 0.05) is 6.61 Å². The minimum absolute atomic E-state index is 0.0896. The molecule has 1 rings (SSSR count). The van der Waals surface area contributed by atoms with Crippen molar-refractivity contribution in [1.29, 1.82) is 0 Å².